The molecule has 4 nitrogen and oxygen atoms in total. The van der Waals surface area contributed by atoms with Crippen LogP contribution in [0.2, 0.25) is 0 Å². The lowest BCUT2D eigenvalue weighted by atomic mass is 10.2. The van der Waals surface area contributed by atoms with Crippen LogP contribution in [0.4, 0.5) is 0 Å². The van der Waals surface area contributed by atoms with Gasteiger partial charge in [-0.2, -0.15) is 0 Å². The van der Waals surface area contributed by atoms with Gasteiger partial charge in [0.1, 0.15) is 0 Å². The molecule has 98 valence electrons. The van der Waals surface area contributed by atoms with E-state index in [1.165, 1.54) is 6.08 Å². The molecule has 1 aromatic heterocycles. The molecule has 19 heavy (non-hydrogen) atoms. The number of aliphatic hydroxyl groups excluding tert-OH is 1. The van der Waals surface area contributed by atoms with Crippen LogP contribution in [-0.2, 0) is 4.79 Å². The minimum absolute atomic E-state index is 0.0756. The van der Waals surface area contributed by atoms with Gasteiger partial charge < -0.3 is 10.4 Å². The van der Waals surface area contributed by atoms with Crippen molar-refractivity contribution < 1.29 is 9.90 Å². The molecule has 1 amide bonds. The molecule has 1 aromatic carbocycles. The molecule has 0 radical (unpaired) electrons. The lowest BCUT2D eigenvalue weighted by Gasteiger charge is -2.07. The van der Waals surface area contributed by atoms with E-state index < -0.39 is 0 Å². The summed E-state index contributed by atoms with van der Waals surface area (Å²) in [6.45, 7) is 1.66. The number of rotatable bonds is 4. The number of aromatic nitrogens is 1. The Morgan fingerprint density at radius 2 is 2.16 bits per heavy atom. The van der Waals surface area contributed by atoms with Gasteiger partial charge in [-0.25, -0.2) is 4.98 Å². The van der Waals surface area contributed by atoms with Crippen molar-refractivity contribution >= 4 is 22.9 Å². The van der Waals surface area contributed by atoms with Crippen LogP contribution in [0, 0.1) is 0 Å². The van der Waals surface area contributed by atoms with Gasteiger partial charge in [-0.05, 0) is 25.1 Å². The lowest BCUT2D eigenvalue weighted by Crippen LogP contribution is -2.33. The number of aliphatic hydroxyl groups is 1. The number of hydrogen-bond acceptors (Lipinski definition) is 3. The van der Waals surface area contributed by atoms with Crippen LogP contribution >= 0.6 is 0 Å². The first-order valence-electron chi connectivity index (χ1n) is 6.14. The van der Waals surface area contributed by atoms with Crippen LogP contribution in [-0.4, -0.2) is 28.6 Å². The number of hydrogen-bond donors (Lipinski definition) is 2. The van der Waals surface area contributed by atoms with Crippen molar-refractivity contribution in [3.63, 3.8) is 0 Å². The highest BCUT2D eigenvalue weighted by Gasteiger charge is 2.02. The van der Waals surface area contributed by atoms with Crippen LogP contribution in [0.5, 0.6) is 0 Å². The second kappa shape index (κ2) is 6.11. The summed E-state index contributed by atoms with van der Waals surface area (Å²) in [5, 5.41) is 12.5. The van der Waals surface area contributed by atoms with E-state index in [-0.39, 0.29) is 18.6 Å². The molecule has 0 aliphatic rings. The highest BCUT2D eigenvalue weighted by Crippen LogP contribution is 2.12. The first-order chi connectivity index (χ1) is 9.19. The topological polar surface area (TPSA) is 62.2 Å². The Hall–Kier alpha value is -2.20. The van der Waals surface area contributed by atoms with Gasteiger partial charge in [-0.3, -0.25) is 4.79 Å². The Morgan fingerprint density at radius 1 is 1.37 bits per heavy atom. The summed E-state index contributed by atoms with van der Waals surface area (Å²) >= 11 is 0. The molecule has 2 aromatic rings. The van der Waals surface area contributed by atoms with Crippen molar-refractivity contribution in [1.82, 2.24) is 10.3 Å². The van der Waals surface area contributed by atoms with Crippen LogP contribution in [0.3, 0.4) is 0 Å². The number of carbonyl (C=O) groups excluding carboxylic acids is 1. The van der Waals surface area contributed by atoms with E-state index in [2.05, 4.69) is 10.3 Å². The largest absolute Gasteiger partial charge is 0.394 e. The monoisotopic (exact) mass is 256 g/mol. The van der Waals surface area contributed by atoms with Gasteiger partial charge in [0, 0.05) is 17.5 Å². The van der Waals surface area contributed by atoms with Crippen molar-refractivity contribution in [1.29, 1.82) is 0 Å². The second-order valence-electron chi connectivity index (χ2n) is 4.35. The molecule has 0 fully saturated rings. The Kier molecular flexibility index (Phi) is 4.26. The van der Waals surface area contributed by atoms with Gasteiger partial charge in [-0.15, -0.1) is 0 Å². The number of para-hydroxylation sites is 1. The molecular formula is C15H16N2O2. The molecule has 0 saturated heterocycles. The number of pyridine rings is 1. The van der Waals surface area contributed by atoms with E-state index in [1.54, 1.807) is 13.0 Å². The van der Waals surface area contributed by atoms with Gasteiger partial charge in [0.25, 0.3) is 0 Å². The Labute approximate surface area is 111 Å². The number of nitrogens with one attached hydrogen (secondary N) is 1. The summed E-state index contributed by atoms with van der Waals surface area (Å²) in [6, 6.07) is 11.4. The first-order valence-corrected chi connectivity index (χ1v) is 6.14. The molecule has 0 aliphatic heterocycles. The highest BCUT2D eigenvalue weighted by atomic mass is 16.3. The zero-order chi connectivity index (χ0) is 13.7. The zero-order valence-electron chi connectivity index (χ0n) is 10.7. The number of amides is 1. The Morgan fingerprint density at radius 3 is 2.95 bits per heavy atom. The maximum atomic E-state index is 11.5. The zero-order valence-corrected chi connectivity index (χ0v) is 10.7. The van der Waals surface area contributed by atoms with Crippen molar-refractivity contribution in [2.45, 2.75) is 13.0 Å². The SMILES string of the molecule is CC(CO)NC(=O)/C=C/c1ccc2ccccc2n1. The first kappa shape index (κ1) is 13.2. The van der Waals surface area contributed by atoms with Crippen LogP contribution in [0.1, 0.15) is 12.6 Å². The minimum Gasteiger partial charge on any atom is -0.394 e. The van der Waals surface area contributed by atoms with Gasteiger partial charge in [0.05, 0.1) is 17.8 Å². The van der Waals surface area contributed by atoms with E-state index in [0.29, 0.717) is 0 Å². The third-order valence-electron chi connectivity index (χ3n) is 2.69. The predicted octanol–water partition coefficient (Wildman–Crippen LogP) is 1.75. The van der Waals surface area contributed by atoms with Crippen molar-refractivity contribution in [2.24, 2.45) is 0 Å². The van der Waals surface area contributed by atoms with Crippen molar-refractivity contribution in [2.75, 3.05) is 6.61 Å². The molecule has 0 spiro atoms. The van der Waals surface area contributed by atoms with Gasteiger partial charge in [-0.1, -0.05) is 24.3 Å². The molecule has 1 heterocycles. The standard InChI is InChI=1S/C15H16N2O2/c1-11(10-18)16-15(19)9-8-13-7-6-12-4-2-3-5-14(12)17-13/h2-9,11,18H,10H2,1H3,(H,16,19)/b9-8+. The average molecular weight is 256 g/mol. The summed E-state index contributed by atoms with van der Waals surface area (Å²) in [5.74, 6) is -0.239. The third-order valence-corrected chi connectivity index (χ3v) is 2.69. The Balaban J connectivity index is 2.10. The summed E-state index contributed by atoms with van der Waals surface area (Å²) < 4.78 is 0. The minimum atomic E-state index is -0.248. The summed E-state index contributed by atoms with van der Waals surface area (Å²) in [6.07, 6.45) is 3.08. The number of carbonyl (C=O) groups is 1. The maximum absolute atomic E-state index is 11.5. The van der Waals surface area contributed by atoms with Crippen molar-refractivity contribution in [3.05, 3.63) is 48.2 Å². The maximum Gasteiger partial charge on any atom is 0.244 e. The summed E-state index contributed by atoms with van der Waals surface area (Å²) in [7, 11) is 0. The van der Waals surface area contributed by atoms with E-state index in [0.717, 1.165) is 16.6 Å². The lowest BCUT2D eigenvalue weighted by molar-refractivity contribution is -0.117. The second-order valence-corrected chi connectivity index (χ2v) is 4.35. The number of fused-ring (bicyclic) bond motifs is 1. The predicted molar refractivity (Wildman–Crippen MR) is 75.5 cm³/mol. The molecule has 4 heteroatoms. The van der Waals surface area contributed by atoms with Crippen LogP contribution in [0.25, 0.3) is 17.0 Å². The molecule has 1 unspecified atom stereocenters. The average Bonchev–Trinajstić information content (AvgIpc) is 2.44. The van der Waals surface area contributed by atoms with Crippen LogP contribution < -0.4 is 5.32 Å². The fraction of sp³-hybridized carbons (Fsp3) is 0.200. The molecule has 0 bridgehead atoms. The molecule has 0 saturated carbocycles. The summed E-state index contributed by atoms with van der Waals surface area (Å²) in [4.78, 5) is 15.9. The molecule has 1 atom stereocenters. The van der Waals surface area contributed by atoms with E-state index in [1.807, 2.05) is 36.4 Å². The Bertz CT molecular complexity index is 608. The van der Waals surface area contributed by atoms with E-state index in [9.17, 15) is 4.79 Å². The van der Waals surface area contributed by atoms with Gasteiger partial charge in [0.2, 0.25) is 5.91 Å². The van der Waals surface area contributed by atoms with Gasteiger partial charge in [0.15, 0.2) is 0 Å². The normalized spacial score (nSPS) is 12.7. The smallest absolute Gasteiger partial charge is 0.244 e. The highest BCUT2D eigenvalue weighted by molar-refractivity contribution is 5.92. The van der Waals surface area contributed by atoms with Crippen LogP contribution in [0.15, 0.2) is 42.5 Å². The van der Waals surface area contributed by atoms with E-state index in [4.69, 9.17) is 5.11 Å². The fourth-order valence-electron chi connectivity index (χ4n) is 1.67. The van der Waals surface area contributed by atoms with E-state index >= 15 is 0 Å². The third kappa shape index (κ3) is 3.63. The molecule has 0 aliphatic carbocycles. The quantitative estimate of drug-likeness (QED) is 0.819. The number of nitrogens with zero attached hydrogens (tertiary/aromatic N) is 1. The molecular weight excluding hydrogens is 240 g/mol. The van der Waals surface area contributed by atoms with Crippen molar-refractivity contribution in [3.8, 4) is 0 Å². The molecule has 2 rings (SSSR count). The fourth-order valence-corrected chi connectivity index (χ4v) is 1.67. The molecule has 2 N–H and O–H groups in total. The summed E-state index contributed by atoms with van der Waals surface area (Å²) in [5.41, 5.74) is 1.62. The van der Waals surface area contributed by atoms with Gasteiger partial charge >= 0.3 is 0 Å². The number of benzene rings is 1.